The molecule has 1 aliphatic rings. The van der Waals surface area contributed by atoms with Gasteiger partial charge in [-0.25, -0.2) is 4.39 Å². The van der Waals surface area contributed by atoms with Crippen LogP contribution < -0.4 is 11.1 Å². The fourth-order valence-corrected chi connectivity index (χ4v) is 3.32. The molecule has 0 unspecified atom stereocenters. The molecular formula is C11H14ClFN2OS. The molecule has 0 radical (unpaired) electrons. The van der Waals surface area contributed by atoms with Crippen molar-refractivity contribution in [3.63, 3.8) is 0 Å². The molecule has 6 heteroatoms. The van der Waals surface area contributed by atoms with Crippen LogP contribution in [0.5, 0.6) is 0 Å². The van der Waals surface area contributed by atoms with E-state index in [0.29, 0.717) is 22.9 Å². The fraction of sp³-hybridized carbons (Fsp3) is 0.455. The highest BCUT2D eigenvalue weighted by atomic mass is 35.5. The summed E-state index contributed by atoms with van der Waals surface area (Å²) in [6.07, 6.45) is 1.63. The largest absolute Gasteiger partial charge is 0.397 e. The van der Waals surface area contributed by atoms with Crippen molar-refractivity contribution in [2.24, 2.45) is 0 Å². The highest BCUT2D eigenvalue weighted by Gasteiger charge is 2.18. The Hall–Kier alpha value is -0.810. The van der Waals surface area contributed by atoms with Crippen LogP contribution >= 0.6 is 11.6 Å². The molecule has 1 aromatic rings. The van der Waals surface area contributed by atoms with Crippen molar-refractivity contribution in [1.82, 2.24) is 0 Å². The summed E-state index contributed by atoms with van der Waals surface area (Å²) in [6, 6.07) is 2.92. The lowest BCUT2D eigenvalue weighted by molar-refractivity contribution is 0.618. The first kappa shape index (κ1) is 12.6. The van der Waals surface area contributed by atoms with E-state index in [0.717, 1.165) is 12.8 Å². The van der Waals surface area contributed by atoms with E-state index in [1.54, 1.807) is 0 Å². The maximum atomic E-state index is 13.3. The van der Waals surface area contributed by atoms with E-state index in [2.05, 4.69) is 5.32 Å². The van der Waals surface area contributed by atoms with Gasteiger partial charge in [0.2, 0.25) is 0 Å². The third-order valence-electron chi connectivity index (χ3n) is 2.84. The number of benzene rings is 1. The number of nitrogen functional groups attached to an aromatic ring is 1. The lowest BCUT2D eigenvalue weighted by Gasteiger charge is -2.24. The van der Waals surface area contributed by atoms with E-state index in [-0.39, 0.29) is 11.1 Å². The minimum atomic E-state index is -0.699. The quantitative estimate of drug-likeness (QED) is 0.816. The Balaban J connectivity index is 2.08. The van der Waals surface area contributed by atoms with Gasteiger partial charge in [0.15, 0.2) is 0 Å². The first-order chi connectivity index (χ1) is 8.06. The van der Waals surface area contributed by atoms with Crippen LogP contribution in [0.2, 0.25) is 5.02 Å². The zero-order valence-corrected chi connectivity index (χ0v) is 10.8. The monoisotopic (exact) mass is 276 g/mol. The molecule has 0 spiro atoms. The van der Waals surface area contributed by atoms with Crippen LogP contribution in [0.15, 0.2) is 12.1 Å². The van der Waals surface area contributed by atoms with Gasteiger partial charge in [-0.2, -0.15) is 0 Å². The Morgan fingerprint density at radius 1 is 1.41 bits per heavy atom. The highest BCUT2D eigenvalue weighted by Crippen LogP contribution is 2.27. The number of anilines is 2. The third kappa shape index (κ3) is 3.10. The smallest absolute Gasteiger partial charge is 0.143 e. The van der Waals surface area contributed by atoms with Crippen LogP contribution in [0.1, 0.15) is 12.8 Å². The summed E-state index contributed by atoms with van der Waals surface area (Å²) in [5.74, 6) is 0.893. The SMILES string of the molecule is Nc1cc(Cl)c(F)cc1NC1CCS(=O)CC1. The molecule has 0 atom stereocenters. The van der Waals surface area contributed by atoms with Gasteiger partial charge in [0.25, 0.3) is 0 Å². The second-order valence-electron chi connectivity index (χ2n) is 4.12. The van der Waals surface area contributed by atoms with E-state index >= 15 is 0 Å². The van der Waals surface area contributed by atoms with E-state index in [9.17, 15) is 8.60 Å². The lowest BCUT2D eigenvalue weighted by Crippen LogP contribution is -2.29. The molecule has 1 aliphatic heterocycles. The molecule has 2 rings (SSSR count). The molecule has 3 N–H and O–H groups in total. The first-order valence-electron chi connectivity index (χ1n) is 5.42. The summed E-state index contributed by atoms with van der Waals surface area (Å²) in [7, 11) is -0.699. The topological polar surface area (TPSA) is 55.1 Å². The molecule has 17 heavy (non-hydrogen) atoms. The maximum Gasteiger partial charge on any atom is 0.143 e. The van der Waals surface area contributed by atoms with Crippen molar-refractivity contribution in [3.8, 4) is 0 Å². The van der Waals surface area contributed by atoms with Crippen LogP contribution in [-0.2, 0) is 10.8 Å². The fourth-order valence-electron chi connectivity index (χ4n) is 1.85. The van der Waals surface area contributed by atoms with Crippen LogP contribution in [0.4, 0.5) is 15.8 Å². The van der Waals surface area contributed by atoms with Gasteiger partial charge in [-0.05, 0) is 18.9 Å². The zero-order valence-electron chi connectivity index (χ0n) is 9.21. The standard InChI is InChI=1S/C11H14ClFN2OS/c12-8-5-10(14)11(6-9(8)13)15-7-1-3-17(16)4-2-7/h5-7,15H,1-4,14H2. The maximum absolute atomic E-state index is 13.3. The number of hydrogen-bond donors (Lipinski definition) is 2. The van der Waals surface area contributed by atoms with Gasteiger partial charge in [0, 0.05) is 34.4 Å². The highest BCUT2D eigenvalue weighted by molar-refractivity contribution is 7.85. The first-order valence-corrected chi connectivity index (χ1v) is 7.29. The van der Waals surface area contributed by atoms with Gasteiger partial charge in [-0.15, -0.1) is 0 Å². The van der Waals surface area contributed by atoms with Crippen molar-refractivity contribution in [3.05, 3.63) is 23.0 Å². The summed E-state index contributed by atoms with van der Waals surface area (Å²) in [6.45, 7) is 0. The van der Waals surface area contributed by atoms with E-state index in [4.69, 9.17) is 17.3 Å². The van der Waals surface area contributed by atoms with E-state index in [1.165, 1.54) is 12.1 Å². The Kier molecular flexibility index (Phi) is 3.89. The van der Waals surface area contributed by atoms with Crippen LogP contribution in [0, 0.1) is 5.82 Å². The summed E-state index contributed by atoms with van der Waals surface area (Å²) in [4.78, 5) is 0. The number of rotatable bonds is 2. The molecule has 3 nitrogen and oxygen atoms in total. The number of halogens is 2. The number of hydrogen-bond acceptors (Lipinski definition) is 3. The Morgan fingerprint density at radius 2 is 2.06 bits per heavy atom. The minimum absolute atomic E-state index is 0.0257. The molecule has 0 amide bonds. The molecule has 1 fully saturated rings. The number of nitrogens with two attached hydrogens (primary N) is 1. The number of nitrogens with one attached hydrogen (secondary N) is 1. The Morgan fingerprint density at radius 3 is 2.71 bits per heavy atom. The molecule has 0 bridgehead atoms. The molecule has 0 saturated carbocycles. The van der Waals surface area contributed by atoms with Gasteiger partial charge in [-0.3, -0.25) is 4.21 Å². The summed E-state index contributed by atoms with van der Waals surface area (Å²) in [5.41, 5.74) is 6.75. The summed E-state index contributed by atoms with van der Waals surface area (Å²) < 4.78 is 24.5. The Labute approximate surface area is 107 Å². The van der Waals surface area contributed by atoms with Crippen LogP contribution in [-0.4, -0.2) is 21.8 Å². The molecule has 0 aliphatic carbocycles. The van der Waals surface area contributed by atoms with E-state index in [1.807, 2.05) is 0 Å². The van der Waals surface area contributed by atoms with Crippen molar-refractivity contribution < 1.29 is 8.60 Å². The third-order valence-corrected chi connectivity index (χ3v) is 4.51. The van der Waals surface area contributed by atoms with Crippen molar-refractivity contribution in [2.45, 2.75) is 18.9 Å². The van der Waals surface area contributed by atoms with Gasteiger partial charge in [0.1, 0.15) is 5.82 Å². The summed E-state index contributed by atoms with van der Waals surface area (Å²) in [5, 5.41) is 3.21. The van der Waals surface area contributed by atoms with Gasteiger partial charge in [0.05, 0.1) is 16.4 Å². The molecule has 1 aromatic carbocycles. The second kappa shape index (κ2) is 5.23. The molecule has 94 valence electrons. The summed E-state index contributed by atoms with van der Waals surface area (Å²) >= 11 is 5.62. The Bertz CT molecular complexity index is 445. The molecule has 0 aromatic heterocycles. The lowest BCUT2D eigenvalue weighted by atomic mass is 10.1. The average Bonchev–Trinajstić information content (AvgIpc) is 2.29. The minimum Gasteiger partial charge on any atom is -0.397 e. The van der Waals surface area contributed by atoms with E-state index < -0.39 is 16.6 Å². The van der Waals surface area contributed by atoms with Crippen LogP contribution in [0.25, 0.3) is 0 Å². The second-order valence-corrected chi connectivity index (χ2v) is 6.22. The average molecular weight is 277 g/mol. The van der Waals surface area contributed by atoms with Gasteiger partial charge < -0.3 is 11.1 Å². The predicted octanol–water partition coefficient (Wildman–Crippen LogP) is 2.38. The van der Waals surface area contributed by atoms with Gasteiger partial charge in [-0.1, -0.05) is 11.6 Å². The molecular weight excluding hydrogens is 263 g/mol. The van der Waals surface area contributed by atoms with Crippen molar-refractivity contribution >= 4 is 33.8 Å². The van der Waals surface area contributed by atoms with Gasteiger partial charge >= 0.3 is 0 Å². The molecule has 1 saturated heterocycles. The predicted molar refractivity (Wildman–Crippen MR) is 70.3 cm³/mol. The molecule has 1 heterocycles. The van der Waals surface area contributed by atoms with Crippen molar-refractivity contribution in [1.29, 1.82) is 0 Å². The van der Waals surface area contributed by atoms with Crippen molar-refractivity contribution in [2.75, 3.05) is 22.6 Å². The van der Waals surface area contributed by atoms with Crippen LogP contribution in [0.3, 0.4) is 0 Å². The normalized spacial score (nSPS) is 24.6. The zero-order chi connectivity index (χ0) is 12.4.